The molecule has 3 heterocycles. The van der Waals surface area contributed by atoms with Crippen molar-refractivity contribution < 1.29 is 14.9 Å². The van der Waals surface area contributed by atoms with E-state index in [1.54, 1.807) is 4.57 Å². The number of rotatable bonds is 6. The molecule has 1 fully saturated rings. The van der Waals surface area contributed by atoms with Crippen LogP contribution in [0.5, 0.6) is 0 Å². The molecule has 3 rings (SSSR count). The van der Waals surface area contributed by atoms with Crippen LogP contribution in [0.15, 0.2) is 24.8 Å². The number of anilines is 1. The summed E-state index contributed by atoms with van der Waals surface area (Å²) in [5, 5.41) is 23.6. The average molecular weight is 335 g/mol. The van der Waals surface area contributed by atoms with Crippen LogP contribution in [-0.2, 0) is 4.74 Å². The second-order valence-corrected chi connectivity index (χ2v) is 5.71. The Hall–Kier alpha value is -2.11. The standard InChI is InChI=1S/C14H21N7O3/c1-7(2-15)3-17-4-8-10(22)11(23)14(24-8)21-6-20-9-12(16)18-5-19-13(9)21/h5-6,8,10-11,14,17,22-23H,1-4,15H2,(H2,16,18,19)/t8-,10?,11?,14-/m1/s1. The summed E-state index contributed by atoms with van der Waals surface area (Å²) in [5.41, 5.74) is 12.9. The normalized spacial score (nSPS) is 27.0. The summed E-state index contributed by atoms with van der Waals surface area (Å²) in [5.74, 6) is 0.241. The lowest BCUT2D eigenvalue weighted by molar-refractivity contribution is -0.0340. The Morgan fingerprint density at radius 3 is 2.88 bits per heavy atom. The van der Waals surface area contributed by atoms with Gasteiger partial charge in [0.2, 0.25) is 0 Å². The highest BCUT2D eigenvalue weighted by molar-refractivity contribution is 5.81. The lowest BCUT2D eigenvalue weighted by Gasteiger charge is -2.16. The first-order valence-electron chi connectivity index (χ1n) is 7.55. The first-order chi connectivity index (χ1) is 11.5. The first kappa shape index (κ1) is 16.7. The van der Waals surface area contributed by atoms with Crippen LogP contribution in [-0.4, -0.2) is 67.7 Å². The number of nitrogens with one attached hydrogen (secondary N) is 1. The maximum absolute atomic E-state index is 10.3. The van der Waals surface area contributed by atoms with Crippen LogP contribution in [0.1, 0.15) is 6.23 Å². The Morgan fingerprint density at radius 2 is 2.12 bits per heavy atom. The molecule has 1 aliphatic heterocycles. The fraction of sp³-hybridized carbons (Fsp3) is 0.500. The van der Waals surface area contributed by atoms with Gasteiger partial charge in [0, 0.05) is 19.6 Å². The molecule has 1 saturated heterocycles. The van der Waals surface area contributed by atoms with Gasteiger partial charge in [0.05, 0.1) is 6.33 Å². The first-order valence-corrected chi connectivity index (χ1v) is 7.55. The summed E-state index contributed by atoms with van der Waals surface area (Å²) in [7, 11) is 0. The minimum Gasteiger partial charge on any atom is -0.387 e. The largest absolute Gasteiger partial charge is 0.387 e. The number of hydrogen-bond donors (Lipinski definition) is 5. The molecule has 0 saturated carbocycles. The molecule has 0 aliphatic carbocycles. The Labute approximate surface area is 138 Å². The summed E-state index contributed by atoms with van der Waals surface area (Å²) in [6.45, 7) is 5.03. The summed E-state index contributed by atoms with van der Waals surface area (Å²) in [6.07, 6.45) is -0.808. The molecule has 7 N–H and O–H groups in total. The summed E-state index contributed by atoms with van der Waals surface area (Å²) < 4.78 is 7.33. The molecule has 0 radical (unpaired) electrons. The van der Waals surface area contributed by atoms with Gasteiger partial charge in [-0.1, -0.05) is 12.2 Å². The lowest BCUT2D eigenvalue weighted by Crippen LogP contribution is -2.38. The second kappa shape index (κ2) is 6.79. The van der Waals surface area contributed by atoms with Crippen molar-refractivity contribution in [3.05, 3.63) is 24.8 Å². The van der Waals surface area contributed by atoms with Gasteiger partial charge < -0.3 is 31.7 Å². The van der Waals surface area contributed by atoms with E-state index in [2.05, 4.69) is 26.8 Å². The van der Waals surface area contributed by atoms with Gasteiger partial charge in [-0.15, -0.1) is 0 Å². The van der Waals surface area contributed by atoms with E-state index in [4.69, 9.17) is 16.2 Å². The van der Waals surface area contributed by atoms with Crippen molar-refractivity contribution in [1.82, 2.24) is 24.8 Å². The fourth-order valence-electron chi connectivity index (χ4n) is 2.65. The van der Waals surface area contributed by atoms with Crippen molar-refractivity contribution in [2.24, 2.45) is 5.73 Å². The van der Waals surface area contributed by atoms with E-state index >= 15 is 0 Å². The third kappa shape index (κ3) is 2.97. The summed E-state index contributed by atoms with van der Waals surface area (Å²) >= 11 is 0. The lowest BCUT2D eigenvalue weighted by atomic mass is 10.1. The number of nitrogens with two attached hydrogens (primary N) is 2. The van der Waals surface area contributed by atoms with E-state index in [1.807, 2.05) is 0 Å². The highest BCUT2D eigenvalue weighted by Gasteiger charge is 2.44. The number of nitrogens with zero attached hydrogens (tertiary/aromatic N) is 4. The quantitative estimate of drug-likeness (QED) is 0.381. The van der Waals surface area contributed by atoms with E-state index in [-0.39, 0.29) is 5.82 Å². The molecule has 24 heavy (non-hydrogen) atoms. The fourth-order valence-corrected chi connectivity index (χ4v) is 2.65. The van der Waals surface area contributed by atoms with E-state index < -0.39 is 24.5 Å². The van der Waals surface area contributed by atoms with Crippen molar-refractivity contribution in [1.29, 1.82) is 0 Å². The van der Waals surface area contributed by atoms with Gasteiger partial charge in [-0.3, -0.25) is 4.57 Å². The smallest absolute Gasteiger partial charge is 0.167 e. The Balaban J connectivity index is 1.74. The molecule has 1 aliphatic rings. The van der Waals surface area contributed by atoms with Crippen LogP contribution in [0.3, 0.4) is 0 Å². The number of aliphatic hydroxyl groups is 2. The second-order valence-electron chi connectivity index (χ2n) is 5.71. The molecule has 0 aromatic carbocycles. The molecule has 2 aromatic rings. The number of fused-ring (bicyclic) bond motifs is 1. The van der Waals surface area contributed by atoms with Crippen LogP contribution in [0.4, 0.5) is 5.82 Å². The SMILES string of the molecule is C=C(CN)CNC[C@H]1O[C@@H](n2cnc3c(N)ncnc32)C(O)C1O. The zero-order valence-corrected chi connectivity index (χ0v) is 13.0. The summed E-state index contributed by atoms with van der Waals surface area (Å²) in [4.78, 5) is 12.1. The van der Waals surface area contributed by atoms with E-state index in [0.717, 1.165) is 5.57 Å². The van der Waals surface area contributed by atoms with Gasteiger partial charge in [-0.2, -0.15) is 0 Å². The van der Waals surface area contributed by atoms with Crippen LogP contribution in [0.2, 0.25) is 0 Å². The third-order valence-electron chi connectivity index (χ3n) is 4.01. The maximum atomic E-state index is 10.3. The van der Waals surface area contributed by atoms with Crippen molar-refractivity contribution in [2.75, 3.05) is 25.4 Å². The van der Waals surface area contributed by atoms with Crippen molar-refractivity contribution in [3.8, 4) is 0 Å². The van der Waals surface area contributed by atoms with Crippen molar-refractivity contribution in [3.63, 3.8) is 0 Å². The highest BCUT2D eigenvalue weighted by atomic mass is 16.6. The van der Waals surface area contributed by atoms with Crippen LogP contribution >= 0.6 is 0 Å². The zero-order valence-electron chi connectivity index (χ0n) is 13.0. The number of hydrogen-bond acceptors (Lipinski definition) is 9. The molecule has 0 spiro atoms. The number of ether oxygens (including phenoxy) is 1. The maximum Gasteiger partial charge on any atom is 0.167 e. The number of nitrogen functional groups attached to an aromatic ring is 1. The van der Waals surface area contributed by atoms with Gasteiger partial charge in [0.15, 0.2) is 17.7 Å². The van der Waals surface area contributed by atoms with E-state index in [1.165, 1.54) is 12.7 Å². The van der Waals surface area contributed by atoms with Gasteiger partial charge in [0.1, 0.15) is 30.2 Å². The minimum atomic E-state index is -1.12. The Kier molecular flexibility index (Phi) is 4.73. The molecular weight excluding hydrogens is 314 g/mol. The molecule has 10 nitrogen and oxygen atoms in total. The molecule has 0 bridgehead atoms. The number of imidazole rings is 1. The van der Waals surface area contributed by atoms with Gasteiger partial charge in [0.25, 0.3) is 0 Å². The van der Waals surface area contributed by atoms with Gasteiger partial charge >= 0.3 is 0 Å². The van der Waals surface area contributed by atoms with Crippen molar-refractivity contribution in [2.45, 2.75) is 24.5 Å². The summed E-state index contributed by atoms with van der Waals surface area (Å²) in [6, 6.07) is 0. The van der Waals surface area contributed by atoms with Gasteiger partial charge in [-0.05, 0) is 0 Å². The third-order valence-corrected chi connectivity index (χ3v) is 4.01. The molecule has 2 aromatic heterocycles. The highest BCUT2D eigenvalue weighted by Crippen LogP contribution is 2.31. The van der Waals surface area contributed by atoms with E-state index in [9.17, 15) is 10.2 Å². The van der Waals surface area contributed by atoms with E-state index in [0.29, 0.717) is 30.8 Å². The van der Waals surface area contributed by atoms with Crippen LogP contribution in [0, 0.1) is 0 Å². The number of aromatic nitrogens is 4. The topological polar surface area (TPSA) is 157 Å². The predicted molar refractivity (Wildman–Crippen MR) is 86.7 cm³/mol. The molecule has 2 unspecified atom stereocenters. The van der Waals surface area contributed by atoms with Crippen LogP contribution < -0.4 is 16.8 Å². The van der Waals surface area contributed by atoms with Crippen LogP contribution in [0.25, 0.3) is 11.2 Å². The minimum absolute atomic E-state index is 0.241. The van der Waals surface area contributed by atoms with Gasteiger partial charge in [-0.25, -0.2) is 15.0 Å². The Morgan fingerprint density at radius 1 is 1.33 bits per heavy atom. The Bertz CT molecular complexity index is 734. The molecule has 10 heteroatoms. The zero-order chi connectivity index (χ0) is 17.3. The van der Waals surface area contributed by atoms with Crippen molar-refractivity contribution >= 4 is 17.0 Å². The average Bonchev–Trinajstić information content (AvgIpc) is 3.12. The molecule has 4 atom stereocenters. The number of aliphatic hydroxyl groups excluding tert-OH is 2. The predicted octanol–water partition coefficient (Wildman–Crippen LogP) is -1.87. The molecular formula is C14H21N7O3. The molecule has 130 valence electrons. The molecule has 0 amide bonds. The monoisotopic (exact) mass is 335 g/mol.